The predicted octanol–water partition coefficient (Wildman–Crippen LogP) is 4.65. The van der Waals surface area contributed by atoms with Crippen molar-refractivity contribution in [2.45, 2.75) is 45.4 Å². The van der Waals surface area contributed by atoms with Gasteiger partial charge in [0.15, 0.2) is 5.75 Å². The number of halogens is 2. The Balaban J connectivity index is 1.54. The molecule has 0 bridgehead atoms. The molecule has 1 aromatic heterocycles. The van der Waals surface area contributed by atoms with Crippen LogP contribution in [-0.2, 0) is 20.8 Å². The van der Waals surface area contributed by atoms with Crippen LogP contribution in [0.4, 0.5) is 14.9 Å². The number of rotatable bonds is 11. The minimum Gasteiger partial charge on any atom is -0.493 e. The Labute approximate surface area is 272 Å². The summed E-state index contributed by atoms with van der Waals surface area (Å²) in [7, 11) is 1.48. The number of morpholine rings is 1. The molecule has 11 nitrogen and oxygen atoms in total. The van der Waals surface area contributed by atoms with Crippen LogP contribution in [0, 0.1) is 5.92 Å². The number of methoxy groups -OCH3 is 1. The SMILES string of the molecule is COc1c(Cl)cccc1NC(=S)C1=C(NCc2ccncc2OC[C@@H]2COCCN2C(=O)OC(C)(C)C)C(CCF)CNC1=O. The Kier molecular flexibility index (Phi) is 11.8. The van der Waals surface area contributed by atoms with Gasteiger partial charge in [0.05, 0.1) is 55.5 Å². The Bertz CT molecular complexity index is 1420. The van der Waals surface area contributed by atoms with Gasteiger partial charge in [-0.15, -0.1) is 0 Å². The van der Waals surface area contributed by atoms with Gasteiger partial charge in [-0.3, -0.25) is 19.1 Å². The van der Waals surface area contributed by atoms with Gasteiger partial charge in [0.2, 0.25) is 0 Å². The van der Waals surface area contributed by atoms with Crippen LogP contribution in [0.3, 0.4) is 0 Å². The van der Waals surface area contributed by atoms with Crippen molar-refractivity contribution >= 4 is 46.5 Å². The molecule has 1 saturated heterocycles. The van der Waals surface area contributed by atoms with Crippen molar-refractivity contribution < 1.29 is 32.9 Å². The smallest absolute Gasteiger partial charge is 0.410 e. The number of pyridine rings is 1. The summed E-state index contributed by atoms with van der Waals surface area (Å²) in [5.74, 6) is 0.113. The average molecular weight is 664 g/mol. The molecule has 14 heteroatoms. The van der Waals surface area contributed by atoms with E-state index in [0.29, 0.717) is 47.7 Å². The van der Waals surface area contributed by atoms with E-state index >= 15 is 0 Å². The van der Waals surface area contributed by atoms with Crippen LogP contribution < -0.4 is 25.4 Å². The summed E-state index contributed by atoms with van der Waals surface area (Å²) in [5, 5.41) is 9.61. The summed E-state index contributed by atoms with van der Waals surface area (Å²) < 4.78 is 36.4. The minimum atomic E-state index is -0.634. The number of benzene rings is 1. The van der Waals surface area contributed by atoms with Crippen LogP contribution in [0.25, 0.3) is 0 Å². The van der Waals surface area contributed by atoms with Crippen molar-refractivity contribution in [3.63, 3.8) is 0 Å². The number of hydrogen-bond donors (Lipinski definition) is 3. The summed E-state index contributed by atoms with van der Waals surface area (Å²) in [6.07, 6.45) is 2.95. The van der Waals surface area contributed by atoms with Crippen molar-refractivity contribution in [2.75, 3.05) is 52.0 Å². The number of carbonyl (C=O) groups is 2. The molecule has 2 aliphatic heterocycles. The predicted molar refractivity (Wildman–Crippen MR) is 172 cm³/mol. The fourth-order valence-electron chi connectivity index (χ4n) is 4.98. The van der Waals surface area contributed by atoms with Crippen LogP contribution in [-0.4, -0.2) is 85.2 Å². The van der Waals surface area contributed by atoms with Crippen LogP contribution in [0.15, 0.2) is 47.9 Å². The third kappa shape index (κ3) is 8.95. The van der Waals surface area contributed by atoms with E-state index < -0.39 is 24.3 Å². The highest BCUT2D eigenvalue weighted by molar-refractivity contribution is 7.81. The molecule has 3 N–H and O–H groups in total. The summed E-state index contributed by atoms with van der Waals surface area (Å²) in [6, 6.07) is 6.55. The van der Waals surface area contributed by atoms with E-state index in [1.54, 1.807) is 41.6 Å². The van der Waals surface area contributed by atoms with Gasteiger partial charge in [0.25, 0.3) is 5.91 Å². The van der Waals surface area contributed by atoms with E-state index in [4.69, 9.17) is 42.8 Å². The molecule has 4 rings (SSSR count). The van der Waals surface area contributed by atoms with Crippen molar-refractivity contribution in [1.82, 2.24) is 20.5 Å². The van der Waals surface area contributed by atoms with Gasteiger partial charge in [-0.2, -0.15) is 0 Å². The van der Waals surface area contributed by atoms with Crippen molar-refractivity contribution in [3.8, 4) is 11.5 Å². The molecule has 0 aliphatic carbocycles. The Morgan fingerprint density at radius 1 is 1.31 bits per heavy atom. The van der Waals surface area contributed by atoms with E-state index in [-0.39, 0.29) is 48.6 Å². The Morgan fingerprint density at radius 2 is 2.11 bits per heavy atom. The first-order chi connectivity index (χ1) is 21.5. The lowest BCUT2D eigenvalue weighted by atomic mass is 9.93. The first-order valence-corrected chi connectivity index (χ1v) is 15.4. The molecule has 2 aromatic rings. The number of aromatic nitrogens is 1. The van der Waals surface area contributed by atoms with Gasteiger partial charge in [0.1, 0.15) is 22.9 Å². The summed E-state index contributed by atoms with van der Waals surface area (Å²) in [4.78, 5) is 31.9. The number of amides is 2. The molecule has 45 heavy (non-hydrogen) atoms. The standard InChI is InChI=1S/C31H39ClFN5O6S/c1-31(2,3)44-30(40)38-12-13-42-17-21(38)18-43-24-16-34-11-9-19(24)14-35-26-20(8-10-33)15-36-28(39)25(26)29(45)37-23-7-5-6-22(32)27(23)41-4/h5-7,9,11,16,20-21,35H,8,10,12-15,17-18H2,1-4H3,(H,36,39)(H,37,45)/t20?,21-/m0/s1. The third-order valence-electron chi connectivity index (χ3n) is 7.14. The van der Waals surface area contributed by atoms with Crippen molar-refractivity contribution in [1.29, 1.82) is 0 Å². The highest BCUT2D eigenvalue weighted by Crippen LogP contribution is 2.33. The zero-order valence-corrected chi connectivity index (χ0v) is 27.4. The largest absolute Gasteiger partial charge is 0.493 e. The zero-order valence-electron chi connectivity index (χ0n) is 25.8. The number of nitrogens with one attached hydrogen (secondary N) is 3. The molecule has 0 saturated carbocycles. The molecular formula is C31H39ClFN5O6S. The number of thiocarbonyl (C=S) groups is 1. The van der Waals surface area contributed by atoms with E-state index in [1.807, 2.05) is 20.8 Å². The van der Waals surface area contributed by atoms with E-state index in [9.17, 15) is 14.0 Å². The van der Waals surface area contributed by atoms with Gasteiger partial charge in [0, 0.05) is 43.0 Å². The lowest BCUT2D eigenvalue weighted by molar-refractivity contribution is -0.117. The number of nitrogens with zero attached hydrogens (tertiary/aromatic N) is 2. The molecule has 2 atom stereocenters. The molecule has 1 fully saturated rings. The monoisotopic (exact) mass is 663 g/mol. The van der Waals surface area contributed by atoms with Crippen LogP contribution in [0.1, 0.15) is 32.8 Å². The van der Waals surface area contributed by atoms with E-state index in [1.165, 1.54) is 7.11 Å². The lowest BCUT2D eigenvalue weighted by Crippen LogP contribution is -2.52. The van der Waals surface area contributed by atoms with Crippen LogP contribution in [0.5, 0.6) is 11.5 Å². The molecule has 1 aromatic carbocycles. The van der Waals surface area contributed by atoms with E-state index in [0.717, 1.165) is 5.56 Å². The Hall–Kier alpha value is -3.68. The first-order valence-electron chi connectivity index (χ1n) is 14.6. The second-order valence-corrected chi connectivity index (χ2v) is 12.3. The summed E-state index contributed by atoms with van der Waals surface area (Å²) >= 11 is 12.0. The number of alkyl halides is 1. The maximum Gasteiger partial charge on any atom is 0.410 e. The third-order valence-corrected chi connectivity index (χ3v) is 7.75. The molecule has 244 valence electrons. The fourth-order valence-corrected chi connectivity index (χ4v) is 5.55. The van der Waals surface area contributed by atoms with Crippen molar-refractivity contribution in [2.24, 2.45) is 5.92 Å². The minimum absolute atomic E-state index is 0.129. The average Bonchev–Trinajstić information content (AvgIpc) is 3.00. The quantitative estimate of drug-likeness (QED) is 0.293. The van der Waals surface area contributed by atoms with Gasteiger partial charge in [-0.05, 0) is 45.4 Å². The van der Waals surface area contributed by atoms with Gasteiger partial charge in [-0.1, -0.05) is 29.9 Å². The van der Waals surface area contributed by atoms with Gasteiger partial charge in [-0.25, -0.2) is 4.79 Å². The molecule has 2 aliphatic rings. The molecule has 3 heterocycles. The number of ether oxygens (including phenoxy) is 4. The number of carbonyl (C=O) groups excluding carboxylic acids is 2. The van der Waals surface area contributed by atoms with Crippen LogP contribution in [0.2, 0.25) is 5.02 Å². The van der Waals surface area contributed by atoms with Gasteiger partial charge >= 0.3 is 6.09 Å². The summed E-state index contributed by atoms with van der Waals surface area (Å²) in [6.45, 7) is 6.58. The van der Waals surface area contributed by atoms with E-state index in [2.05, 4.69) is 20.9 Å². The van der Waals surface area contributed by atoms with Crippen LogP contribution >= 0.6 is 23.8 Å². The number of para-hydroxylation sites is 1. The second kappa shape index (κ2) is 15.5. The molecular weight excluding hydrogens is 625 g/mol. The molecule has 1 unspecified atom stereocenters. The molecule has 0 radical (unpaired) electrons. The van der Waals surface area contributed by atoms with Crippen molar-refractivity contribution in [3.05, 3.63) is 58.5 Å². The highest BCUT2D eigenvalue weighted by Gasteiger charge is 2.33. The van der Waals surface area contributed by atoms with Gasteiger partial charge < -0.3 is 34.9 Å². The summed E-state index contributed by atoms with van der Waals surface area (Å²) in [5.41, 5.74) is 1.29. The lowest BCUT2D eigenvalue weighted by Gasteiger charge is -2.36. The first kappa shape index (κ1) is 34.2. The Morgan fingerprint density at radius 3 is 2.84 bits per heavy atom. The maximum absolute atomic E-state index is 13.6. The number of anilines is 1. The normalized spacial score (nSPS) is 18.6. The number of hydrogen-bond acceptors (Lipinski definition) is 9. The zero-order chi connectivity index (χ0) is 32.6. The topological polar surface area (TPSA) is 123 Å². The molecule has 2 amide bonds. The molecule has 0 spiro atoms. The maximum atomic E-state index is 13.6. The second-order valence-electron chi connectivity index (χ2n) is 11.5. The highest BCUT2D eigenvalue weighted by atomic mass is 35.5. The fraction of sp³-hybridized carbons (Fsp3) is 0.484.